The summed E-state index contributed by atoms with van der Waals surface area (Å²) < 4.78 is 10.1. The average molecular weight is 289 g/mol. The zero-order chi connectivity index (χ0) is 15.0. The van der Waals surface area contributed by atoms with Crippen LogP contribution in [0.15, 0.2) is 6.20 Å². The summed E-state index contributed by atoms with van der Waals surface area (Å²) in [7, 11) is 0. The van der Waals surface area contributed by atoms with Crippen molar-refractivity contribution in [2.45, 2.75) is 25.8 Å². The van der Waals surface area contributed by atoms with Gasteiger partial charge in [-0.3, -0.25) is 4.79 Å². The Bertz CT molecular complexity index is 748. The number of carbonyl (C=O) groups excluding carboxylic acids is 2. The molecule has 0 unspecified atom stereocenters. The van der Waals surface area contributed by atoms with E-state index in [0.717, 1.165) is 0 Å². The fraction of sp³-hybridized carbons (Fsp3) is 0.333. The summed E-state index contributed by atoms with van der Waals surface area (Å²) in [5, 5.41) is 0. The van der Waals surface area contributed by atoms with Gasteiger partial charge in [0.2, 0.25) is 0 Å². The Balaban J connectivity index is 2.16. The third-order valence-corrected chi connectivity index (χ3v) is 2.84. The van der Waals surface area contributed by atoms with E-state index in [1.807, 2.05) is 0 Å². The van der Waals surface area contributed by atoms with Gasteiger partial charge in [0.25, 0.3) is 5.88 Å². The van der Waals surface area contributed by atoms with Gasteiger partial charge < -0.3 is 15.2 Å². The molecular weight excluding hydrogens is 278 g/mol. The van der Waals surface area contributed by atoms with Crippen molar-refractivity contribution in [2.75, 3.05) is 0 Å². The minimum atomic E-state index is -0.942. The lowest BCUT2D eigenvalue weighted by Crippen LogP contribution is -2.36. The first-order chi connectivity index (χ1) is 10.0. The number of nitrogens with two attached hydrogens (primary N) is 1. The number of esters is 2. The van der Waals surface area contributed by atoms with Crippen LogP contribution in [0.2, 0.25) is 0 Å². The first-order valence-corrected chi connectivity index (χ1v) is 6.22. The van der Waals surface area contributed by atoms with Crippen LogP contribution in [0.25, 0.3) is 11.2 Å². The van der Waals surface area contributed by atoms with E-state index in [1.165, 1.54) is 6.20 Å². The van der Waals surface area contributed by atoms with Gasteiger partial charge in [-0.15, -0.1) is 0 Å². The highest BCUT2D eigenvalue weighted by Crippen LogP contribution is 2.23. The van der Waals surface area contributed by atoms with Crippen LogP contribution in [0.5, 0.6) is 11.9 Å². The monoisotopic (exact) mass is 289 g/mol. The molecule has 0 spiro atoms. The zero-order valence-corrected chi connectivity index (χ0v) is 11.1. The molecule has 2 aromatic heterocycles. The molecule has 0 amide bonds. The molecule has 0 radical (unpaired) electrons. The summed E-state index contributed by atoms with van der Waals surface area (Å²) in [5.41, 5.74) is 6.61. The van der Waals surface area contributed by atoms with Gasteiger partial charge in [-0.05, 0) is 13.3 Å². The van der Waals surface area contributed by atoms with Crippen molar-refractivity contribution >= 4 is 23.1 Å². The largest absolute Gasteiger partial charge is 0.405 e. The molecule has 3 rings (SSSR count). The first-order valence-electron chi connectivity index (χ1n) is 6.22. The Morgan fingerprint density at radius 3 is 2.86 bits per heavy atom. The van der Waals surface area contributed by atoms with Crippen LogP contribution in [0.3, 0.4) is 0 Å². The topological polar surface area (TPSA) is 130 Å². The lowest BCUT2D eigenvalue weighted by atomic mass is 10.2. The number of hydrogen-bond donors (Lipinski definition) is 1. The van der Waals surface area contributed by atoms with Crippen molar-refractivity contribution in [3.05, 3.63) is 11.9 Å². The van der Waals surface area contributed by atoms with Gasteiger partial charge in [0.1, 0.15) is 6.04 Å². The number of aromatic nitrogens is 4. The van der Waals surface area contributed by atoms with Crippen molar-refractivity contribution in [2.24, 2.45) is 5.73 Å². The van der Waals surface area contributed by atoms with E-state index in [-0.39, 0.29) is 35.9 Å². The zero-order valence-electron chi connectivity index (χ0n) is 11.1. The van der Waals surface area contributed by atoms with Crippen LogP contribution >= 0.6 is 0 Å². The number of hydrogen-bond acceptors (Lipinski definition) is 9. The fourth-order valence-corrected chi connectivity index (χ4v) is 1.78. The molecule has 1 aliphatic rings. The predicted octanol–water partition coefficient (Wildman–Crippen LogP) is -0.340. The van der Waals surface area contributed by atoms with Crippen molar-refractivity contribution in [3.63, 3.8) is 0 Å². The molecule has 2 aromatic rings. The fourth-order valence-electron chi connectivity index (χ4n) is 1.78. The number of ether oxygens (including phenoxy) is 2. The molecule has 2 N–H and O–H groups in total. The van der Waals surface area contributed by atoms with Crippen molar-refractivity contribution < 1.29 is 19.1 Å². The van der Waals surface area contributed by atoms with E-state index < -0.39 is 18.0 Å². The molecule has 1 atom stereocenters. The standard InChI is InChI=1S/C12H11N5O4/c1-5-4-14-9-8(15-5)10-17-12(16-9)21-11(19)6(13)2-3-7(18)20-10/h4,6H,2-3,13H2,1H3/t6-/m1/s1. The molecule has 9 heteroatoms. The van der Waals surface area contributed by atoms with E-state index >= 15 is 0 Å². The summed E-state index contributed by atoms with van der Waals surface area (Å²) in [4.78, 5) is 39.5. The minimum absolute atomic E-state index is 0.0314. The Labute approximate surface area is 118 Å². The van der Waals surface area contributed by atoms with Gasteiger partial charge in [-0.1, -0.05) is 0 Å². The maximum Gasteiger partial charge on any atom is 0.330 e. The van der Waals surface area contributed by atoms with Gasteiger partial charge in [-0.25, -0.2) is 14.8 Å². The number of fused-ring (bicyclic) bond motifs is 4. The maximum absolute atomic E-state index is 11.7. The number of carbonyl (C=O) groups is 2. The third kappa shape index (κ3) is 2.63. The molecule has 2 bridgehead atoms. The van der Waals surface area contributed by atoms with Crippen LogP contribution in [0.1, 0.15) is 18.5 Å². The summed E-state index contributed by atoms with van der Waals surface area (Å²) >= 11 is 0. The van der Waals surface area contributed by atoms with E-state index in [0.29, 0.717) is 5.69 Å². The normalized spacial score (nSPS) is 19.0. The second-order valence-corrected chi connectivity index (χ2v) is 4.54. The van der Waals surface area contributed by atoms with Gasteiger partial charge in [0.05, 0.1) is 11.9 Å². The van der Waals surface area contributed by atoms with Crippen LogP contribution in [0.4, 0.5) is 0 Å². The number of rotatable bonds is 0. The average Bonchev–Trinajstić information content (AvgIpc) is 2.44. The summed E-state index contributed by atoms with van der Waals surface area (Å²) in [6.45, 7) is 1.73. The van der Waals surface area contributed by atoms with Crippen molar-refractivity contribution in [1.29, 1.82) is 0 Å². The molecular formula is C12H11N5O4. The van der Waals surface area contributed by atoms with E-state index in [9.17, 15) is 9.59 Å². The quantitative estimate of drug-likeness (QED) is 0.647. The predicted molar refractivity (Wildman–Crippen MR) is 68.3 cm³/mol. The van der Waals surface area contributed by atoms with E-state index in [1.54, 1.807) is 6.92 Å². The SMILES string of the molecule is Cc1cnc2nc3nc(c2n1)OC(=O)CC[C@@H](N)C(=O)O3. The molecule has 1 aliphatic heterocycles. The highest BCUT2D eigenvalue weighted by atomic mass is 16.6. The first kappa shape index (κ1) is 13.3. The van der Waals surface area contributed by atoms with Crippen molar-refractivity contribution in [1.82, 2.24) is 19.9 Å². The Morgan fingerprint density at radius 2 is 2.05 bits per heavy atom. The van der Waals surface area contributed by atoms with E-state index in [4.69, 9.17) is 15.2 Å². The van der Waals surface area contributed by atoms with Crippen LogP contribution < -0.4 is 15.2 Å². The Morgan fingerprint density at radius 1 is 1.24 bits per heavy atom. The van der Waals surface area contributed by atoms with Crippen LogP contribution in [0, 0.1) is 6.92 Å². The Hall–Kier alpha value is -2.68. The molecule has 0 fully saturated rings. The lowest BCUT2D eigenvalue weighted by Gasteiger charge is -2.13. The molecule has 21 heavy (non-hydrogen) atoms. The molecule has 108 valence electrons. The second kappa shape index (κ2) is 5.02. The highest BCUT2D eigenvalue weighted by Gasteiger charge is 2.24. The van der Waals surface area contributed by atoms with Gasteiger partial charge >= 0.3 is 17.9 Å². The number of aryl methyl sites for hydroxylation is 1. The molecule has 0 aliphatic carbocycles. The smallest absolute Gasteiger partial charge is 0.330 e. The highest BCUT2D eigenvalue weighted by molar-refractivity contribution is 5.83. The Kier molecular flexibility index (Phi) is 3.18. The molecule has 3 heterocycles. The van der Waals surface area contributed by atoms with Crippen molar-refractivity contribution in [3.8, 4) is 11.9 Å². The third-order valence-electron chi connectivity index (χ3n) is 2.84. The lowest BCUT2D eigenvalue weighted by molar-refractivity contribution is -0.138. The molecule has 0 saturated heterocycles. The van der Waals surface area contributed by atoms with E-state index in [2.05, 4.69) is 19.9 Å². The number of nitrogens with zero attached hydrogens (tertiary/aromatic N) is 4. The summed E-state index contributed by atoms with van der Waals surface area (Å²) in [6.07, 6.45) is 1.57. The van der Waals surface area contributed by atoms with Gasteiger partial charge in [0, 0.05) is 6.42 Å². The van der Waals surface area contributed by atoms with Gasteiger partial charge in [-0.2, -0.15) is 9.97 Å². The van der Waals surface area contributed by atoms with Crippen LogP contribution in [-0.2, 0) is 9.59 Å². The summed E-state index contributed by atoms with van der Waals surface area (Å²) in [5.74, 6) is -1.36. The van der Waals surface area contributed by atoms with Crippen LogP contribution in [-0.4, -0.2) is 37.9 Å². The maximum atomic E-state index is 11.7. The molecule has 9 nitrogen and oxygen atoms in total. The minimum Gasteiger partial charge on any atom is -0.405 e. The molecule has 0 saturated carbocycles. The van der Waals surface area contributed by atoms with Gasteiger partial charge in [0.15, 0.2) is 11.2 Å². The summed E-state index contributed by atoms with van der Waals surface area (Å²) in [6, 6.07) is -1.21. The molecule has 0 aromatic carbocycles. The second-order valence-electron chi connectivity index (χ2n) is 4.54.